The van der Waals surface area contributed by atoms with Crippen molar-refractivity contribution in [2.45, 2.75) is 44.9 Å². The molecule has 0 bridgehead atoms. The molecule has 0 heterocycles. The van der Waals surface area contributed by atoms with Crippen molar-refractivity contribution >= 4 is 41.4 Å². The Morgan fingerprint density at radius 1 is 1.00 bits per heavy atom. The van der Waals surface area contributed by atoms with E-state index in [9.17, 15) is 29.1 Å². The van der Waals surface area contributed by atoms with Crippen LogP contribution in [-0.2, 0) is 38.2 Å². The second-order valence-corrected chi connectivity index (χ2v) is 8.98. The fraction of sp³-hybridized carbons (Fsp3) is 0.480. The van der Waals surface area contributed by atoms with Gasteiger partial charge in [-0.05, 0) is 50.7 Å². The van der Waals surface area contributed by atoms with Crippen molar-refractivity contribution in [3.05, 3.63) is 41.3 Å². The lowest BCUT2D eigenvalue weighted by Crippen LogP contribution is -2.56. The van der Waals surface area contributed by atoms with Crippen LogP contribution in [0.3, 0.4) is 0 Å². The Morgan fingerprint density at radius 3 is 2.09 bits per heavy atom. The van der Waals surface area contributed by atoms with Crippen molar-refractivity contribution in [1.82, 2.24) is 0 Å². The second-order valence-electron chi connectivity index (χ2n) is 7.78. The van der Waals surface area contributed by atoms with E-state index in [0.717, 1.165) is 17.8 Å². The molecule has 0 aromatic heterocycles. The molecule has 1 fully saturated rings. The highest BCUT2D eigenvalue weighted by molar-refractivity contribution is 8.03. The average molecular weight is 507 g/mol. The van der Waals surface area contributed by atoms with Crippen LogP contribution in [0.1, 0.15) is 40.0 Å². The molecule has 35 heavy (non-hydrogen) atoms. The number of esters is 3. The molecule has 2 unspecified atom stereocenters. The van der Waals surface area contributed by atoms with Gasteiger partial charge in [-0.25, -0.2) is 4.79 Å². The van der Waals surface area contributed by atoms with Crippen LogP contribution in [0.5, 0.6) is 0 Å². The van der Waals surface area contributed by atoms with Crippen LogP contribution < -0.4 is 0 Å². The summed E-state index contributed by atoms with van der Waals surface area (Å²) >= 11 is 1.10. The maximum Gasteiger partial charge on any atom is 0.329 e. The van der Waals surface area contributed by atoms with Gasteiger partial charge < -0.3 is 19.3 Å². The maximum atomic E-state index is 13.3. The molecular formula is C25H30O9S. The molecule has 2 atom stereocenters. The summed E-state index contributed by atoms with van der Waals surface area (Å²) in [5.74, 6) is -7.17. The molecule has 10 heteroatoms. The Hall–Kier alpha value is -3.14. The molecule has 9 nitrogen and oxygen atoms in total. The number of carbonyl (C=O) groups excluding carboxylic acids is 4. The van der Waals surface area contributed by atoms with Crippen LogP contribution >= 0.6 is 11.8 Å². The molecule has 190 valence electrons. The third-order valence-corrected chi connectivity index (χ3v) is 6.72. The number of allylic oxidation sites excluding steroid dienone is 1. The Kier molecular flexibility index (Phi) is 10.5. The summed E-state index contributed by atoms with van der Waals surface area (Å²) in [5, 5.41) is 9.49. The van der Waals surface area contributed by atoms with Crippen molar-refractivity contribution in [1.29, 1.82) is 0 Å². The van der Waals surface area contributed by atoms with E-state index in [1.165, 1.54) is 0 Å². The predicted molar refractivity (Wildman–Crippen MR) is 126 cm³/mol. The Labute approximate surface area is 208 Å². The first-order valence-corrected chi connectivity index (χ1v) is 12.2. The van der Waals surface area contributed by atoms with Crippen molar-refractivity contribution in [2.24, 2.45) is 17.3 Å². The van der Waals surface area contributed by atoms with Crippen molar-refractivity contribution < 1.29 is 43.3 Å². The first-order valence-electron chi connectivity index (χ1n) is 11.4. The minimum absolute atomic E-state index is 0.0161. The van der Waals surface area contributed by atoms with Crippen LogP contribution in [0.25, 0.3) is 0 Å². The fourth-order valence-corrected chi connectivity index (χ4v) is 5.24. The Bertz CT molecular complexity index is 952. The number of ether oxygens (including phenoxy) is 3. The molecule has 0 radical (unpaired) electrons. The lowest BCUT2D eigenvalue weighted by Gasteiger charge is -2.42. The molecule has 1 aliphatic rings. The van der Waals surface area contributed by atoms with E-state index < -0.39 is 46.9 Å². The molecule has 1 aliphatic carbocycles. The van der Waals surface area contributed by atoms with E-state index in [1.54, 1.807) is 51.1 Å². The number of carbonyl (C=O) groups is 5. The molecule has 0 spiro atoms. The number of carboxylic acid groups (broad SMARTS) is 1. The van der Waals surface area contributed by atoms with Gasteiger partial charge in [0.15, 0.2) is 5.41 Å². The van der Waals surface area contributed by atoms with Crippen molar-refractivity contribution in [3.8, 4) is 0 Å². The molecule has 2 rings (SSSR count). The summed E-state index contributed by atoms with van der Waals surface area (Å²) in [6, 6.07) is 8.87. The van der Waals surface area contributed by atoms with Crippen molar-refractivity contribution in [3.63, 3.8) is 0 Å². The van der Waals surface area contributed by atoms with E-state index >= 15 is 0 Å². The van der Waals surface area contributed by atoms with E-state index in [0.29, 0.717) is 4.90 Å². The van der Waals surface area contributed by atoms with Crippen LogP contribution in [0.4, 0.5) is 0 Å². The number of hydrogen-bond donors (Lipinski definition) is 1. The minimum atomic E-state index is -1.98. The second kappa shape index (κ2) is 13.1. The Morgan fingerprint density at radius 2 is 1.57 bits per heavy atom. The van der Waals surface area contributed by atoms with Gasteiger partial charge in [-0.15, -0.1) is 0 Å². The number of hydrogen-bond acceptors (Lipinski definition) is 9. The normalized spacial score (nSPS) is 19.5. The first-order chi connectivity index (χ1) is 16.7. The topological polar surface area (TPSA) is 133 Å². The van der Waals surface area contributed by atoms with E-state index in [1.807, 2.05) is 0 Å². The highest BCUT2D eigenvalue weighted by Crippen LogP contribution is 2.50. The smallest absolute Gasteiger partial charge is 0.329 e. The van der Waals surface area contributed by atoms with Crippen LogP contribution in [0, 0.1) is 17.3 Å². The van der Waals surface area contributed by atoms with Gasteiger partial charge in [-0.2, -0.15) is 0 Å². The summed E-state index contributed by atoms with van der Waals surface area (Å²) in [6.07, 6.45) is 0.251. The Balaban J connectivity index is 2.68. The van der Waals surface area contributed by atoms with Gasteiger partial charge in [0.25, 0.3) is 0 Å². The number of Topliss-reactive ketones (excluding diaryl/α,β-unsaturated/α-hetero) is 1. The van der Waals surface area contributed by atoms with Gasteiger partial charge in [0.2, 0.25) is 0 Å². The zero-order valence-corrected chi connectivity index (χ0v) is 20.8. The maximum absolute atomic E-state index is 13.3. The largest absolute Gasteiger partial charge is 0.478 e. The monoisotopic (exact) mass is 506 g/mol. The molecule has 1 aromatic carbocycles. The lowest BCUT2D eigenvalue weighted by atomic mass is 9.59. The molecule has 0 amide bonds. The molecule has 1 saturated carbocycles. The average Bonchev–Trinajstić information content (AvgIpc) is 2.80. The number of benzene rings is 1. The molecule has 0 saturated heterocycles. The summed E-state index contributed by atoms with van der Waals surface area (Å²) in [4.78, 5) is 65.1. The number of thioether (sulfide) groups is 1. The highest BCUT2D eigenvalue weighted by atomic mass is 32.2. The number of ketones is 1. The van der Waals surface area contributed by atoms with E-state index in [2.05, 4.69) is 0 Å². The van der Waals surface area contributed by atoms with Crippen LogP contribution in [-0.4, -0.2) is 54.6 Å². The third-order valence-electron chi connectivity index (χ3n) is 5.67. The predicted octanol–water partition coefficient (Wildman–Crippen LogP) is 3.41. The minimum Gasteiger partial charge on any atom is -0.478 e. The molecular weight excluding hydrogens is 476 g/mol. The zero-order chi connectivity index (χ0) is 26.0. The number of carboxylic acids is 1. The van der Waals surface area contributed by atoms with Crippen molar-refractivity contribution in [2.75, 3.05) is 19.8 Å². The zero-order valence-electron chi connectivity index (χ0n) is 20.0. The standard InChI is InChI=1S/C25H30O9S/c1-4-32-22(29)21-18(14-17(15-20(27)28)35-16-10-8-7-9-11-16)25(13-12-19(21)26,23(30)33-5-2)24(31)34-6-3/h7-11,15,18,21H,4-6,12-14H2,1-3H3,(H,27,28)/b17-15+. The van der Waals surface area contributed by atoms with Crippen LogP contribution in [0.2, 0.25) is 0 Å². The van der Waals surface area contributed by atoms with Gasteiger partial charge in [0.1, 0.15) is 11.7 Å². The van der Waals surface area contributed by atoms with Crippen LogP contribution in [0.15, 0.2) is 46.2 Å². The third kappa shape index (κ3) is 6.72. The highest BCUT2D eigenvalue weighted by Gasteiger charge is 2.62. The van der Waals surface area contributed by atoms with E-state index in [4.69, 9.17) is 14.2 Å². The first kappa shape index (κ1) is 28.1. The lowest BCUT2D eigenvalue weighted by molar-refractivity contribution is -0.185. The summed E-state index contributed by atoms with van der Waals surface area (Å²) in [7, 11) is 0. The summed E-state index contributed by atoms with van der Waals surface area (Å²) < 4.78 is 15.6. The summed E-state index contributed by atoms with van der Waals surface area (Å²) in [5.41, 5.74) is -1.98. The van der Waals surface area contributed by atoms with Gasteiger partial charge in [-0.3, -0.25) is 19.2 Å². The number of rotatable bonds is 11. The quantitative estimate of drug-likeness (QED) is 0.156. The fourth-order valence-electron chi connectivity index (χ4n) is 4.22. The number of aliphatic carboxylic acids is 1. The van der Waals surface area contributed by atoms with Gasteiger partial charge >= 0.3 is 23.9 Å². The van der Waals surface area contributed by atoms with E-state index in [-0.39, 0.29) is 44.0 Å². The molecule has 1 aromatic rings. The van der Waals surface area contributed by atoms with Gasteiger partial charge in [0, 0.05) is 23.3 Å². The molecule has 0 aliphatic heterocycles. The SMILES string of the molecule is CCOC(=O)C1C(=O)CCC(C(=O)OCC)(C(=O)OCC)C1C/C(=C\C(=O)O)Sc1ccccc1. The van der Waals surface area contributed by atoms with Gasteiger partial charge in [-0.1, -0.05) is 30.0 Å². The summed E-state index contributed by atoms with van der Waals surface area (Å²) in [6.45, 7) is 4.62. The molecule has 1 N–H and O–H groups in total. The van der Waals surface area contributed by atoms with Gasteiger partial charge in [0.05, 0.1) is 19.8 Å².